The van der Waals surface area contributed by atoms with E-state index in [1.807, 2.05) is 25.1 Å². The van der Waals surface area contributed by atoms with Crippen molar-refractivity contribution in [1.29, 1.82) is 0 Å². The normalized spacial score (nSPS) is 10.2. The molecule has 0 bridgehead atoms. The van der Waals surface area contributed by atoms with Crippen LogP contribution in [-0.2, 0) is 11.2 Å². The number of hydrogen-bond donors (Lipinski definition) is 1. The molecule has 1 amide bonds. The van der Waals surface area contributed by atoms with Crippen molar-refractivity contribution in [3.63, 3.8) is 0 Å². The van der Waals surface area contributed by atoms with Crippen molar-refractivity contribution in [3.05, 3.63) is 59.7 Å². The van der Waals surface area contributed by atoms with Gasteiger partial charge in [-0.1, -0.05) is 25.1 Å². The summed E-state index contributed by atoms with van der Waals surface area (Å²) in [6.07, 6.45) is 0.851. The zero-order chi connectivity index (χ0) is 15.2. The third-order valence-electron chi connectivity index (χ3n) is 2.90. The zero-order valence-electron chi connectivity index (χ0n) is 11.5. The summed E-state index contributed by atoms with van der Waals surface area (Å²) in [6.45, 7) is 1.69. The zero-order valence-corrected chi connectivity index (χ0v) is 11.5. The molecule has 0 saturated heterocycles. The highest BCUT2D eigenvalue weighted by molar-refractivity contribution is 5.92. The topological polar surface area (TPSA) is 38.3 Å². The number of ether oxygens (including phenoxy) is 1. The first kappa shape index (κ1) is 15.0. The fourth-order valence-corrected chi connectivity index (χ4v) is 1.80. The molecule has 0 heterocycles. The monoisotopic (exact) mass is 291 g/mol. The highest BCUT2D eigenvalue weighted by Crippen LogP contribution is 2.18. The largest absolute Gasteiger partial charge is 0.484 e. The number of amides is 1. The summed E-state index contributed by atoms with van der Waals surface area (Å²) in [7, 11) is 0. The fourth-order valence-electron chi connectivity index (χ4n) is 1.80. The maximum Gasteiger partial charge on any atom is 0.262 e. The van der Waals surface area contributed by atoms with E-state index in [0.29, 0.717) is 5.75 Å². The molecule has 21 heavy (non-hydrogen) atoms. The average Bonchev–Trinajstić information content (AvgIpc) is 2.49. The van der Waals surface area contributed by atoms with Crippen LogP contribution in [0.25, 0.3) is 0 Å². The Morgan fingerprint density at radius 2 is 1.81 bits per heavy atom. The van der Waals surface area contributed by atoms with E-state index in [2.05, 4.69) is 5.32 Å². The van der Waals surface area contributed by atoms with Gasteiger partial charge in [0, 0.05) is 0 Å². The van der Waals surface area contributed by atoms with Gasteiger partial charge in [0.05, 0.1) is 0 Å². The first-order valence-electron chi connectivity index (χ1n) is 6.55. The summed E-state index contributed by atoms with van der Waals surface area (Å²) in [6, 6.07) is 10.7. The number of anilines is 1. The maximum atomic E-state index is 13.4. The Kier molecular flexibility index (Phi) is 4.87. The van der Waals surface area contributed by atoms with Crippen LogP contribution in [0.4, 0.5) is 14.5 Å². The van der Waals surface area contributed by atoms with Crippen LogP contribution in [0.5, 0.6) is 5.75 Å². The minimum Gasteiger partial charge on any atom is -0.484 e. The van der Waals surface area contributed by atoms with Crippen molar-refractivity contribution < 1.29 is 18.3 Å². The average molecular weight is 291 g/mol. The number of carbonyl (C=O) groups excluding carboxylic acids is 1. The van der Waals surface area contributed by atoms with Gasteiger partial charge >= 0.3 is 0 Å². The summed E-state index contributed by atoms with van der Waals surface area (Å²) < 4.78 is 32.1. The van der Waals surface area contributed by atoms with E-state index >= 15 is 0 Å². The predicted molar refractivity (Wildman–Crippen MR) is 76.3 cm³/mol. The second-order valence-electron chi connectivity index (χ2n) is 4.43. The Hall–Kier alpha value is -2.43. The Morgan fingerprint density at radius 1 is 1.14 bits per heavy atom. The molecule has 0 aliphatic rings. The van der Waals surface area contributed by atoms with Gasteiger partial charge in [0.2, 0.25) is 0 Å². The molecular weight excluding hydrogens is 276 g/mol. The van der Waals surface area contributed by atoms with Crippen LogP contribution < -0.4 is 10.1 Å². The lowest BCUT2D eigenvalue weighted by Crippen LogP contribution is -2.21. The fraction of sp³-hybridized carbons (Fsp3) is 0.188. The highest BCUT2D eigenvalue weighted by Gasteiger charge is 2.12. The molecule has 1 N–H and O–H groups in total. The lowest BCUT2D eigenvalue weighted by molar-refractivity contribution is -0.118. The molecule has 0 radical (unpaired) electrons. The standard InChI is InChI=1S/C16H15F2NO2/c1-2-11-5-3-6-12(9-11)21-10-15(20)19-16-13(17)7-4-8-14(16)18/h3-9H,2,10H2,1H3,(H,19,20). The molecule has 3 nitrogen and oxygen atoms in total. The molecule has 2 rings (SSSR count). The second kappa shape index (κ2) is 6.83. The lowest BCUT2D eigenvalue weighted by Gasteiger charge is -2.09. The van der Waals surface area contributed by atoms with Crippen LogP contribution in [0.15, 0.2) is 42.5 Å². The van der Waals surface area contributed by atoms with Crippen molar-refractivity contribution in [2.75, 3.05) is 11.9 Å². The number of nitrogens with one attached hydrogen (secondary N) is 1. The van der Waals surface area contributed by atoms with Crippen molar-refractivity contribution in [2.24, 2.45) is 0 Å². The highest BCUT2D eigenvalue weighted by atomic mass is 19.1. The van der Waals surface area contributed by atoms with Gasteiger partial charge in [-0.25, -0.2) is 8.78 Å². The van der Waals surface area contributed by atoms with E-state index in [9.17, 15) is 13.6 Å². The van der Waals surface area contributed by atoms with E-state index in [0.717, 1.165) is 24.1 Å². The lowest BCUT2D eigenvalue weighted by atomic mass is 10.2. The SMILES string of the molecule is CCc1cccc(OCC(=O)Nc2c(F)cccc2F)c1. The van der Waals surface area contributed by atoms with Crippen LogP contribution in [0.2, 0.25) is 0 Å². The van der Waals surface area contributed by atoms with Gasteiger partial charge in [-0.05, 0) is 36.2 Å². The quantitative estimate of drug-likeness (QED) is 0.915. The minimum atomic E-state index is -0.823. The number of aryl methyl sites for hydroxylation is 1. The first-order chi connectivity index (χ1) is 10.1. The van der Waals surface area contributed by atoms with E-state index in [4.69, 9.17) is 4.74 Å². The number of benzene rings is 2. The Balaban J connectivity index is 1.96. The van der Waals surface area contributed by atoms with Crippen molar-refractivity contribution in [2.45, 2.75) is 13.3 Å². The smallest absolute Gasteiger partial charge is 0.262 e. The van der Waals surface area contributed by atoms with Gasteiger partial charge in [0.25, 0.3) is 5.91 Å². The molecule has 0 unspecified atom stereocenters. The number of carbonyl (C=O) groups is 1. The molecule has 2 aromatic carbocycles. The van der Waals surface area contributed by atoms with E-state index in [-0.39, 0.29) is 6.61 Å². The van der Waals surface area contributed by atoms with Crippen molar-refractivity contribution in [3.8, 4) is 5.75 Å². The van der Waals surface area contributed by atoms with Gasteiger partial charge in [-0.3, -0.25) is 4.79 Å². The summed E-state index contributed by atoms with van der Waals surface area (Å²) >= 11 is 0. The van der Waals surface area contributed by atoms with Gasteiger partial charge in [-0.2, -0.15) is 0 Å². The summed E-state index contributed by atoms with van der Waals surface area (Å²) in [5.74, 6) is -1.73. The Morgan fingerprint density at radius 3 is 2.48 bits per heavy atom. The van der Waals surface area contributed by atoms with E-state index in [1.165, 1.54) is 6.07 Å². The molecule has 110 valence electrons. The number of halogens is 2. The second-order valence-corrected chi connectivity index (χ2v) is 4.43. The number of rotatable bonds is 5. The molecule has 0 fully saturated rings. The molecule has 0 atom stereocenters. The third kappa shape index (κ3) is 4.02. The van der Waals surface area contributed by atoms with E-state index < -0.39 is 23.2 Å². The molecule has 0 aliphatic carbocycles. The Bertz CT molecular complexity index is 624. The van der Waals surface area contributed by atoms with Gasteiger partial charge in [0.15, 0.2) is 6.61 Å². The minimum absolute atomic E-state index is 0.319. The van der Waals surface area contributed by atoms with Crippen LogP contribution in [0.3, 0.4) is 0 Å². The van der Waals surface area contributed by atoms with Crippen LogP contribution in [0, 0.1) is 11.6 Å². The molecule has 5 heteroatoms. The molecule has 0 spiro atoms. The molecular formula is C16H15F2NO2. The van der Waals surface area contributed by atoms with Gasteiger partial charge < -0.3 is 10.1 Å². The molecule has 0 aromatic heterocycles. The predicted octanol–water partition coefficient (Wildman–Crippen LogP) is 3.54. The van der Waals surface area contributed by atoms with Gasteiger partial charge in [-0.15, -0.1) is 0 Å². The summed E-state index contributed by atoms with van der Waals surface area (Å²) in [5.41, 5.74) is 0.612. The van der Waals surface area contributed by atoms with Crippen molar-refractivity contribution in [1.82, 2.24) is 0 Å². The number of hydrogen-bond acceptors (Lipinski definition) is 2. The maximum absolute atomic E-state index is 13.4. The summed E-state index contributed by atoms with van der Waals surface area (Å²) in [4.78, 5) is 11.7. The molecule has 0 aliphatic heterocycles. The van der Waals surface area contributed by atoms with Crippen LogP contribution in [-0.4, -0.2) is 12.5 Å². The third-order valence-corrected chi connectivity index (χ3v) is 2.90. The number of para-hydroxylation sites is 1. The van der Waals surface area contributed by atoms with Gasteiger partial charge in [0.1, 0.15) is 23.1 Å². The first-order valence-corrected chi connectivity index (χ1v) is 6.55. The molecule has 0 saturated carbocycles. The van der Waals surface area contributed by atoms with Crippen LogP contribution >= 0.6 is 0 Å². The van der Waals surface area contributed by atoms with Crippen LogP contribution in [0.1, 0.15) is 12.5 Å². The van der Waals surface area contributed by atoms with E-state index in [1.54, 1.807) is 6.07 Å². The molecule has 2 aromatic rings. The Labute approximate surface area is 121 Å². The van der Waals surface area contributed by atoms with Crippen molar-refractivity contribution >= 4 is 11.6 Å². The summed E-state index contributed by atoms with van der Waals surface area (Å²) in [5, 5.41) is 2.16.